The number of aryl methyl sites for hydroxylation is 1. The van der Waals surface area contributed by atoms with Crippen LogP contribution in [0.1, 0.15) is 31.4 Å². The lowest BCUT2D eigenvalue weighted by atomic mass is 10.0. The zero-order valence-corrected chi connectivity index (χ0v) is 18.2. The standard InChI is InChI=1S/C22H28N2O5S/c1-16(2)13-20(24-30(27,28)19-11-9-17(3)10-12-19)22(26)23-14-21(25)29-15-18-7-5-4-6-8-18/h4-12,16,20,24H,13-15H2,1-3H3,(H,23,26). The predicted molar refractivity (Wildman–Crippen MR) is 114 cm³/mol. The van der Waals surface area contributed by atoms with E-state index in [4.69, 9.17) is 4.74 Å². The number of benzene rings is 2. The molecule has 1 amide bonds. The summed E-state index contributed by atoms with van der Waals surface area (Å²) in [4.78, 5) is 24.6. The van der Waals surface area contributed by atoms with Crippen molar-refractivity contribution < 1.29 is 22.7 Å². The van der Waals surface area contributed by atoms with E-state index < -0.39 is 27.9 Å². The van der Waals surface area contributed by atoms with Crippen LogP contribution >= 0.6 is 0 Å². The maximum atomic E-state index is 12.7. The van der Waals surface area contributed by atoms with Crippen LogP contribution in [0.3, 0.4) is 0 Å². The van der Waals surface area contributed by atoms with Gasteiger partial charge < -0.3 is 10.1 Å². The molecule has 0 aliphatic rings. The second kappa shape index (κ2) is 10.9. The number of sulfonamides is 1. The molecule has 2 aromatic rings. The number of ether oxygens (including phenoxy) is 1. The molecule has 7 nitrogen and oxygen atoms in total. The Kier molecular flexibility index (Phi) is 8.56. The van der Waals surface area contributed by atoms with Gasteiger partial charge in [0, 0.05) is 0 Å². The van der Waals surface area contributed by atoms with Gasteiger partial charge >= 0.3 is 5.97 Å². The van der Waals surface area contributed by atoms with Gasteiger partial charge in [-0.15, -0.1) is 0 Å². The highest BCUT2D eigenvalue weighted by atomic mass is 32.2. The van der Waals surface area contributed by atoms with Crippen LogP contribution in [-0.4, -0.2) is 32.9 Å². The van der Waals surface area contributed by atoms with Gasteiger partial charge in [0.1, 0.15) is 19.2 Å². The van der Waals surface area contributed by atoms with Crippen LogP contribution in [-0.2, 0) is 31.0 Å². The second-order valence-corrected chi connectivity index (χ2v) is 9.19. The molecule has 162 valence electrons. The van der Waals surface area contributed by atoms with Gasteiger partial charge in [-0.05, 0) is 37.0 Å². The molecule has 0 saturated carbocycles. The van der Waals surface area contributed by atoms with Crippen molar-refractivity contribution in [1.29, 1.82) is 0 Å². The first-order valence-corrected chi connectivity index (χ1v) is 11.2. The molecule has 0 spiro atoms. The molecule has 2 N–H and O–H groups in total. The number of amides is 1. The highest BCUT2D eigenvalue weighted by molar-refractivity contribution is 7.89. The fraction of sp³-hybridized carbons (Fsp3) is 0.364. The third-order valence-corrected chi connectivity index (χ3v) is 5.79. The largest absolute Gasteiger partial charge is 0.460 e. The molecule has 1 atom stereocenters. The number of carbonyl (C=O) groups excluding carboxylic acids is 2. The summed E-state index contributed by atoms with van der Waals surface area (Å²) in [5, 5.41) is 2.47. The number of carbonyl (C=O) groups is 2. The third kappa shape index (κ3) is 7.61. The average molecular weight is 433 g/mol. The third-order valence-electron chi connectivity index (χ3n) is 4.30. The molecule has 0 radical (unpaired) electrons. The van der Waals surface area contributed by atoms with Crippen molar-refractivity contribution >= 4 is 21.9 Å². The van der Waals surface area contributed by atoms with Crippen LogP contribution in [0.4, 0.5) is 0 Å². The lowest BCUT2D eigenvalue weighted by molar-refractivity contribution is -0.145. The van der Waals surface area contributed by atoms with Crippen LogP contribution in [0, 0.1) is 12.8 Å². The summed E-state index contributed by atoms with van der Waals surface area (Å²) >= 11 is 0. The quantitative estimate of drug-likeness (QED) is 0.562. The fourth-order valence-corrected chi connectivity index (χ4v) is 3.93. The predicted octanol–water partition coefficient (Wildman–Crippen LogP) is 2.55. The smallest absolute Gasteiger partial charge is 0.325 e. The number of esters is 1. The normalized spacial score (nSPS) is 12.4. The topological polar surface area (TPSA) is 102 Å². The van der Waals surface area contributed by atoms with Crippen LogP contribution in [0.25, 0.3) is 0 Å². The van der Waals surface area contributed by atoms with Crippen LogP contribution in [0.15, 0.2) is 59.5 Å². The van der Waals surface area contributed by atoms with E-state index in [1.165, 1.54) is 12.1 Å². The van der Waals surface area contributed by atoms with Crippen molar-refractivity contribution in [2.75, 3.05) is 6.54 Å². The first-order valence-electron chi connectivity index (χ1n) is 9.73. The number of hydrogen-bond acceptors (Lipinski definition) is 5. The second-order valence-electron chi connectivity index (χ2n) is 7.48. The molecule has 0 bridgehead atoms. The molecule has 0 aliphatic heterocycles. The highest BCUT2D eigenvalue weighted by Gasteiger charge is 2.26. The molecule has 2 rings (SSSR count). The number of hydrogen-bond donors (Lipinski definition) is 2. The van der Waals surface area contributed by atoms with E-state index in [2.05, 4.69) is 10.0 Å². The lowest BCUT2D eigenvalue weighted by Gasteiger charge is -2.20. The Balaban J connectivity index is 1.95. The minimum Gasteiger partial charge on any atom is -0.460 e. The highest BCUT2D eigenvalue weighted by Crippen LogP contribution is 2.13. The summed E-state index contributed by atoms with van der Waals surface area (Å²) in [6.07, 6.45) is 0.288. The Hall–Kier alpha value is -2.71. The van der Waals surface area contributed by atoms with Gasteiger partial charge in [-0.25, -0.2) is 8.42 Å². The van der Waals surface area contributed by atoms with Crippen LogP contribution in [0.2, 0.25) is 0 Å². The van der Waals surface area contributed by atoms with E-state index in [0.717, 1.165) is 11.1 Å². The molecule has 0 heterocycles. The molecule has 0 aromatic heterocycles. The van der Waals surface area contributed by atoms with Crippen LogP contribution in [0.5, 0.6) is 0 Å². The summed E-state index contributed by atoms with van der Waals surface area (Å²) in [6, 6.07) is 14.5. The Labute approximate surface area is 177 Å². The molecule has 1 unspecified atom stereocenters. The minimum absolute atomic E-state index is 0.0616. The molecular formula is C22H28N2O5S. The molecule has 0 aliphatic carbocycles. The van der Waals surface area contributed by atoms with E-state index in [0.29, 0.717) is 0 Å². The van der Waals surface area contributed by atoms with Gasteiger partial charge in [0.05, 0.1) is 4.90 Å². The van der Waals surface area contributed by atoms with Crippen molar-refractivity contribution in [3.63, 3.8) is 0 Å². The molecular weight excluding hydrogens is 404 g/mol. The van der Waals surface area contributed by atoms with E-state index in [-0.39, 0.29) is 30.4 Å². The van der Waals surface area contributed by atoms with Gasteiger partial charge in [0.2, 0.25) is 15.9 Å². The fourth-order valence-electron chi connectivity index (χ4n) is 2.72. The summed E-state index contributed by atoms with van der Waals surface area (Å²) in [5.41, 5.74) is 1.76. The summed E-state index contributed by atoms with van der Waals surface area (Å²) in [5.74, 6) is -1.11. The Bertz CT molecular complexity index is 941. The maximum Gasteiger partial charge on any atom is 0.325 e. The van der Waals surface area contributed by atoms with Gasteiger partial charge in [0.25, 0.3) is 0 Å². The van der Waals surface area contributed by atoms with Crippen molar-refractivity contribution in [3.8, 4) is 0 Å². The summed E-state index contributed by atoms with van der Waals surface area (Å²) in [7, 11) is -3.88. The Morgan fingerprint density at radius 1 is 1.00 bits per heavy atom. The van der Waals surface area contributed by atoms with E-state index in [1.54, 1.807) is 12.1 Å². The molecule has 30 heavy (non-hydrogen) atoms. The zero-order chi connectivity index (χ0) is 22.1. The molecule has 2 aromatic carbocycles. The SMILES string of the molecule is Cc1ccc(S(=O)(=O)NC(CC(C)C)C(=O)NCC(=O)OCc2ccccc2)cc1. The van der Waals surface area contributed by atoms with Crippen molar-refractivity contribution in [2.24, 2.45) is 5.92 Å². The number of rotatable bonds is 10. The molecule has 0 fully saturated rings. The summed E-state index contributed by atoms with van der Waals surface area (Å²) < 4.78 is 32.9. The summed E-state index contributed by atoms with van der Waals surface area (Å²) in [6.45, 7) is 5.39. The Morgan fingerprint density at radius 2 is 1.63 bits per heavy atom. The lowest BCUT2D eigenvalue weighted by Crippen LogP contribution is -2.48. The van der Waals surface area contributed by atoms with Crippen molar-refractivity contribution in [1.82, 2.24) is 10.0 Å². The van der Waals surface area contributed by atoms with Gasteiger partial charge in [-0.2, -0.15) is 4.72 Å². The van der Waals surface area contributed by atoms with Gasteiger partial charge in [-0.3, -0.25) is 9.59 Å². The maximum absolute atomic E-state index is 12.7. The first kappa shape index (κ1) is 23.6. The molecule has 0 saturated heterocycles. The van der Waals surface area contributed by atoms with Crippen molar-refractivity contribution in [2.45, 2.75) is 44.7 Å². The molecule has 8 heteroatoms. The zero-order valence-electron chi connectivity index (χ0n) is 17.4. The van der Waals surface area contributed by atoms with Crippen molar-refractivity contribution in [3.05, 3.63) is 65.7 Å². The van der Waals surface area contributed by atoms with Gasteiger partial charge in [-0.1, -0.05) is 61.9 Å². The van der Waals surface area contributed by atoms with E-state index in [9.17, 15) is 18.0 Å². The van der Waals surface area contributed by atoms with E-state index in [1.807, 2.05) is 51.1 Å². The number of nitrogens with one attached hydrogen (secondary N) is 2. The van der Waals surface area contributed by atoms with Gasteiger partial charge in [0.15, 0.2) is 0 Å². The first-order chi connectivity index (χ1) is 14.2. The van der Waals surface area contributed by atoms with E-state index >= 15 is 0 Å². The Morgan fingerprint density at radius 3 is 2.23 bits per heavy atom. The monoisotopic (exact) mass is 432 g/mol. The average Bonchev–Trinajstić information content (AvgIpc) is 2.70. The minimum atomic E-state index is -3.88. The van der Waals surface area contributed by atoms with Crippen LogP contribution < -0.4 is 10.0 Å².